The summed E-state index contributed by atoms with van der Waals surface area (Å²) in [4.78, 5) is 4.02. The van der Waals surface area contributed by atoms with Crippen molar-refractivity contribution in [1.29, 1.82) is 0 Å². The van der Waals surface area contributed by atoms with Gasteiger partial charge in [0.05, 0.1) is 13.2 Å². The highest BCUT2D eigenvalue weighted by atomic mass is 35.5. The number of pyridine rings is 1. The fraction of sp³-hybridized carbons (Fsp3) is 0.235. The molecule has 5 nitrogen and oxygen atoms in total. The van der Waals surface area contributed by atoms with Gasteiger partial charge < -0.3 is 4.74 Å². The van der Waals surface area contributed by atoms with Crippen LogP contribution in [0.25, 0.3) is 11.4 Å². The van der Waals surface area contributed by atoms with Crippen LogP contribution in [0.4, 0.5) is 4.39 Å². The molecule has 0 aliphatic carbocycles. The first-order valence-corrected chi connectivity index (χ1v) is 8.95. The topological polar surface area (TPSA) is 52.8 Å². The van der Waals surface area contributed by atoms with Crippen LogP contribution in [0.2, 0.25) is 5.02 Å². The first kappa shape index (κ1) is 17.8. The van der Waals surface area contributed by atoms with Crippen LogP contribution >= 0.6 is 23.4 Å². The summed E-state index contributed by atoms with van der Waals surface area (Å²) in [7, 11) is 1.64. The lowest BCUT2D eigenvalue weighted by Gasteiger charge is -2.10. The summed E-state index contributed by atoms with van der Waals surface area (Å²) in [6.45, 7) is 1.11. The van der Waals surface area contributed by atoms with Gasteiger partial charge >= 0.3 is 0 Å². The van der Waals surface area contributed by atoms with E-state index in [-0.39, 0.29) is 5.82 Å². The smallest absolute Gasteiger partial charge is 0.191 e. The lowest BCUT2D eigenvalue weighted by Crippen LogP contribution is -2.07. The minimum atomic E-state index is -0.322. The molecular weight excluding hydrogens is 363 g/mol. The van der Waals surface area contributed by atoms with Crippen LogP contribution in [-0.4, -0.2) is 33.5 Å². The number of methoxy groups -OCH3 is 1. The van der Waals surface area contributed by atoms with Gasteiger partial charge in [0.2, 0.25) is 0 Å². The normalized spacial score (nSPS) is 11.0. The molecule has 3 aromatic rings. The van der Waals surface area contributed by atoms with Gasteiger partial charge in [-0.2, -0.15) is 0 Å². The van der Waals surface area contributed by atoms with Crippen LogP contribution in [0.5, 0.6) is 0 Å². The average Bonchev–Trinajstić information content (AvgIpc) is 3.03. The number of hydrogen-bond donors (Lipinski definition) is 0. The van der Waals surface area contributed by atoms with E-state index >= 15 is 0 Å². The van der Waals surface area contributed by atoms with E-state index < -0.39 is 0 Å². The number of nitrogens with zero attached hydrogens (tertiary/aromatic N) is 4. The molecule has 0 saturated heterocycles. The number of thioether (sulfide) groups is 1. The molecular formula is C17H16ClFN4OS. The van der Waals surface area contributed by atoms with E-state index in [1.165, 1.54) is 17.8 Å². The molecule has 0 atom stereocenters. The molecule has 0 saturated carbocycles. The van der Waals surface area contributed by atoms with E-state index in [1.807, 2.05) is 16.7 Å². The van der Waals surface area contributed by atoms with Crippen LogP contribution < -0.4 is 0 Å². The number of aromatic nitrogens is 4. The summed E-state index contributed by atoms with van der Waals surface area (Å²) in [6, 6.07) is 8.41. The number of benzene rings is 1. The predicted molar refractivity (Wildman–Crippen MR) is 96.1 cm³/mol. The molecule has 1 aromatic carbocycles. The SMILES string of the molecule is COCCn1c(SCc2c(F)cccc2Cl)nnc1-c1ccncc1. The van der Waals surface area contributed by atoms with Gasteiger partial charge in [-0.25, -0.2) is 4.39 Å². The van der Waals surface area contributed by atoms with Crippen molar-refractivity contribution in [3.63, 3.8) is 0 Å². The molecule has 0 aliphatic heterocycles. The number of halogens is 2. The maximum atomic E-state index is 14.0. The molecule has 0 bridgehead atoms. The van der Waals surface area contributed by atoms with Crippen molar-refractivity contribution >= 4 is 23.4 Å². The Hall–Kier alpha value is -1.96. The summed E-state index contributed by atoms with van der Waals surface area (Å²) < 4.78 is 21.1. The molecule has 0 aliphatic rings. The fourth-order valence-electron chi connectivity index (χ4n) is 2.30. The first-order valence-electron chi connectivity index (χ1n) is 7.59. The molecule has 25 heavy (non-hydrogen) atoms. The highest BCUT2D eigenvalue weighted by Crippen LogP contribution is 2.29. The number of hydrogen-bond acceptors (Lipinski definition) is 5. The third-order valence-corrected chi connectivity index (χ3v) is 4.93. The van der Waals surface area contributed by atoms with E-state index in [1.54, 1.807) is 31.6 Å². The van der Waals surface area contributed by atoms with Crippen LogP contribution in [0.1, 0.15) is 5.56 Å². The molecule has 2 heterocycles. The second kappa shape index (κ2) is 8.42. The summed E-state index contributed by atoms with van der Waals surface area (Å²) in [5.41, 5.74) is 1.37. The second-order valence-corrected chi connectivity index (χ2v) is 6.53. The quantitative estimate of drug-likeness (QED) is 0.580. The third kappa shape index (κ3) is 4.18. The molecule has 130 valence electrons. The van der Waals surface area contributed by atoms with Crippen molar-refractivity contribution in [2.24, 2.45) is 0 Å². The zero-order chi connectivity index (χ0) is 17.6. The van der Waals surface area contributed by atoms with Crippen molar-refractivity contribution in [3.05, 3.63) is 59.1 Å². The molecule has 0 N–H and O–H groups in total. The monoisotopic (exact) mass is 378 g/mol. The largest absolute Gasteiger partial charge is 0.383 e. The Kier molecular flexibility index (Phi) is 6.01. The Bertz CT molecular complexity index is 824. The standard InChI is InChI=1S/C17H16ClFN4OS/c1-24-10-9-23-16(12-5-7-20-8-6-12)21-22-17(23)25-11-13-14(18)3-2-4-15(13)19/h2-8H,9-11H2,1H3. The number of ether oxygens (including phenoxy) is 1. The number of rotatable bonds is 7. The predicted octanol–water partition coefficient (Wildman–Crippen LogP) is 4.07. The minimum Gasteiger partial charge on any atom is -0.383 e. The highest BCUT2D eigenvalue weighted by Gasteiger charge is 2.16. The van der Waals surface area contributed by atoms with Gasteiger partial charge in [0, 0.05) is 41.4 Å². The molecule has 0 radical (unpaired) electrons. The van der Waals surface area contributed by atoms with Crippen LogP contribution in [0, 0.1) is 5.82 Å². The van der Waals surface area contributed by atoms with Crippen molar-refractivity contribution in [3.8, 4) is 11.4 Å². The van der Waals surface area contributed by atoms with Crippen molar-refractivity contribution < 1.29 is 9.13 Å². The Morgan fingerprint density at radius 1 is 1.20 bits per heavy atom. The van der Waals surface area contributed by atoms with E-state index in [4.69, 9.17) is 16.3 Å². The third-order valence-electron chi connectivity index (χ3n) is 3.58. The zero-order valence-electron chi connectivity index (χ0n) is 13.5. The van der Waals surface area contributed by atoms with Gasteiger partial charge in [0.25, 0.3) is 0 Å². The molecule has 0 unspecified atom stereocenters. The maximum absolute atomic E-state index is 14.0. The Morgan fingerprint density at radius 3 is 2.72 bits per heavy atom. The van der Waals surface area contributed by atoms with Crippen LogP contribution in [-0.2, 0) is 17.0 Å². The summed E-state index contributed by atoms with van der Waals surface area (Å²) in [5, 5.41) is 9.62. The van der Waals surface area contributed by atoms with Gasteiger partial charge in [-0.15, -0.1) is 10.2 Å². The lowest BCUT2D eigenvalue weighted by molar-refractivity contribution is 0.185. The van der Waals surface area contributed by atoms with Crippen molar-refractivity contribution in [1.82, 2.24) is 19.7 Å². The van der Waals surface area contributed by atoms with Crippen LogP contribution in [0.3, 0.4) is 0 Å². The zero-order valence-corrected chi connectivity index (χ0v) is 15.1. The minimum absolute atomic E-state index is 0.322. The highest BCUT2D eigenvalue weighted by molar-refractivity contribution is 7.98. The van der Waals surface area contributed by atoms with E-state index in [2.05, 4.69) is 15.2 Å². The van der Waals surface area contributed by atoms with Crippen molar-refractivity contribution in [2.75, 3.05) is 13.7 Å². The summed E-state index contributed by atoms with van der Waals surface area (Å²) in [5.74, 6) is 0.770. The van der Waals surface area contributed by atoms with Crippen molar-refractivity contribution in [2.45, 2.75) is 17.5 Å². The van der Waals surface area contributed by atoms with Gasteiger partial charge in [0.1, 0.15) is 5.82 Å². The molecule has 3 rings (SSSR count). The van der Waals surface area contributed by atoms with E-state index in [0.29, 0.717) is 34.6 Å². The average molecular weight is 379 g/mol. The molecule has 2 aromatic heterocycles. The molecule has 0 amide bonds. The molecule has 8 heteroatoms. The van der Waals surface area contributed by atoms with Gasteiger partial charge in [0.15, 0.2) is 11.0 Å². The Morgan fingerprint density at radius 2 is 2.00 bits per heavy atom. The summed E-state index contributed by atoms with van der Waals surface area (Å²) in [6.07, 6.45) is 3.41. The Balaban J connectivity index is 1.87. The van der Waals surface area contributed by atoms with Gasteiger partial charge in [-0.05, 0) is 24.3 Å². The van der Waals surface area contributed by atoms with Crippen LogP contribution in [0.15, 0.2) is 47.9 Å². The maximum Gasteiger partial charge on any atom is 0.191 e. The summed E-state index contributed by atoms with van der Waals surface area (Å²) >= 11 is 7.49. The fourth-order valence-corrected chi connectivity index (χ4v) is 3.61. The van der Waals surface area contributed by atoms with Gasteiger partial charge in [-0.3, -0.25) is 9.55 Å². The van der Waals surface area contributed by atoms with E-state index in [9.17, 15) is 4.39 Å². The second-order valence-electron chi connectivity index (χ2n) is 5.18. The Labute approximate surface area is 154 Å². The molecule has 0 spiro atoms. The first-order chi connectivity index (χ1) is 12.2. The molecule has 0 fully saturated rings. The van der Waals surface area contributed by atoms with Gasteiger partial charge in [-0.1, -0.05) is 29.4 Å². The lowest BCUT2D eigenvalue weighted by atomic mass is 10.2. The van der Waals surface area contributed by atoms with E-state index in [0.717, 1.165) is 11.4 Å².